The minimum atomic E-state index is -0.735. The summed E-state index contributed by atoms with van der Waals surface area (Å²) in [5.74, 6) is -1.81. The van der Waals surface area contributed by atoms with Gasteiger partial charge in [0.15, 0.2) is 34.5 Å². The highest BCUT2D eigenvalue weighted by atomic mass is 16.7. The molecule has 8 amide bonds. The Labute approximate surface area is 581 Å². The van der Waals surface area contributed by atoms with Crippen LogP contribution in [0.3, 0.4) is 0 Å². The van der Waals surface area contributed by atoms with Crippen LogP contribution in [0.1, 0.15) is 87.2 Å². The lowest BCUT2D eigenvalue weighted by Crippen LogP contribution is -2.52. The molecule has 1 aliphatic heterocycles. The summed E-state index contributed by atoms with van der Waals surface area (Å²) in [4.78, 5) is 140. The van der Waals surface area contributed by atoms with E-state index in [4.69, 9.17) is 39.9 Å². The maximum Gasteiger partial charge on any atom is 0.243 e. The fourth-order valence-corrected chi connectivity index (χ4v) is 11.1. The highest BCUT2D eigenvalue weighted by molar-refractivity contribution is 5.94. The summed E-state index contributed by atoms with van der Waals surface area (Å²) in [5.41, 5.74) is 15.4. The molecule has 0 radical (unpaired) electrons. The van der Waals surface area contributed by atoms with E-state index < -0.39 is 99.1 Å². The number of unbranched alkanes of at least 4 members (excludes halogenated alkanes) is 2. The average molecular weight is 1370 g/mol. The van der Waals surface area contributed by atoms with E-state index in [2.05, 4.69) is 5.32 Å². The van der Waals surface area contributed by atoms with Crippen LogP contribution in [0.4, 0.5) is 0 Å². The zero-order valence-corrected chi connectivity index (χ0v) is 58.7. The number of likely N-dealkylation sites (N-methyl/N-ethyl adjacent to an activating group) is 1. The van der Waals surface area contributed by atoms with Crippen LogP contribution in [0, 0.1) is 5.92 Å². The predicted octanol–water partition coefficient (Wildman–Crippen LogP) is 4.88. The Kier molecular flexibility index (Phi) is 31.7. The molecule has 0 aliphatic carbocycles. The van der Waals surface area contributed by atoms with Crippen molar-refractivity contribution in [3.8, 4) is 34.5 Å². The van der Waals surface area contributed by atoms with E-state index in [1.165, 1.54) is 81.6 Å². The Morgan fingerprint density at radius 2 is 0.909 bits per heavy atom. The number of carbonyl (C=O) groups is 9. The van der Waals surface area contributed by atoms with Crippen molar-refractivity contribution >= 4 is 53.0 Å². The van der Waals surface area contributed by atoms with Gasteiger partial charge in [0, 0.05) is 52.9 Å². The molecular weight excluding hydrogens is 1270 g/mol. The first-order valence-electron chi connectivity index (χ1n) is 33.3. The number of amides is 8. The average Bonchev–Trinajstić information content (AvgIpc) is 1.65. The summed E-state index contributed by atoms with van der Waals surface area (Å²) in [5, 5.41) is 3.18. The molecule has 1 aliphatic rings. The Bertz CT molecular complexity index is 3490. The van der Waals surface area contributed by atoms with Crippen LogP contribution in [0.5, 0.6) is 34.5 Å². The number of hydrogen-bond acceptors (Lipinski definition) is 18. The second-order valence-electron chi connectivity index (χ2n) is 24.8. The third-order valence-corrected chi connectivity index (χ3v) is 16.6. The van der Waals surface area contributed by atoms with Crippen molar-refractivity contribution in [1.82, 2.24) is 44.5 Å². The SMILES string of the molecule is COc1ccc(CNCC(=O)N(CC(=O)N(CCCCN)CC(=O)N(CCCCN)CC(=O)N(CC(=O)N(C)CC(=O)N(CC(=O)N(CC(=O)N(CC(C)=O)Cc2ccc3c(c2)OCO3)Cc2ccccc2)CC(C)C)[C@H](C)c2ccccc2)Cc2ccc(OC)c(OC)c2)cc1OC. The van der Waals surface area contributed by atoms with Gasteiger partial charge in [0.25, 0.3) is 0 Å². The van der Waals surface area contributed by atoms with Crippen LogP contribution < -0.4 is 45.2 Å². The molecule has 26 heteroatoms. The summed E-state index contributed by atoms with van der Waals surface area (Å²) >= 11 is 0. The zero-order chi connectivity index (χ0) is 72.0. The van der Waals surface area contributed by atoms with Crippen molar-refractivity contribution in [3.05, 3.63) is 143 Å². The standard InChI is InChI=1S/C73H99N11O15/c1-52(2)39-80(47-72(92)83(41-55-20-12-10-13-21-55)48-71(91)81(40-53(3)85)42-58-26-29-62-65(36-58)99-51-98-62)68(88)44-77(5)67(87)50-84(54(4)59-22-14-11-15-23-59)73(93)49-79(33-19-17-31-75)69(89)45-78(32-18-16-30-74)70(90)46-82(43-57-25-28-61(95-7)64(35-57)97-9)66(86)38-76-37-56-24-27-60(94-6)63(34-56)96-8/h10-15,20-29,34-36,52,54,76H,16-19,30-33,37-51,74-75H2,1-9H3/t54-/m1/s1. The van der Waals surface area contributed by atoms with Gasteiger partial charge in [-0.15, -0.1) is 0 Å². The van der Waals surface area contributed by atoms with Gasteiger partial charge in [0.05, 0.1) is 73.7 Å². The molecule has 0 fully saturated rings. The lowest BCUT2D eigenvalue weighted by molar-refractivity contribution is -0.149. The predicted molar refractivity (Wildman–Crippen MR) is 372 cm³/mol. The highest BCUT2D eigenvalue weighted by Crippen LogP contribution is 2.33. The Balaban J connectivity index is 1.20. The Hall–Kier alpha value is -9.79. The number of ether oxygens (including phenoxy) is 6. The van der Waals surface area contributed by atoms with Gasteiger partial charge in [-0.1, -0.05) is 92.7 Å². The number of hydrogen-bond donors (Lipinski definition) is 3. The number of nitrogens with two attached hydrogens (primary N) is 2. The second kappa shape index (κ2) is 40.2. The first-order chi connectivity index (χ1) is 47.6. The van der Waals surface area contributed by atoms with Crippen LogP contribution >= 0.6 is 0 Å². The fourth-order valence-electron chi connectivity index (χ4n) is 11.1. The van der Waals surface area contributed by atoms with Gasteiger partial charge in [-0.25, -0.2) is 0 Å². The number of methoxy groups -OCH3 is 4. The largest absolute Gasteiger partial charge is 0.493 e. The fraction of sp³-hybridized carbons (Fsp3) is 0.466. The molecule has 536 valence electrons. The van der Waals surface area contributed by atoms with Gasteiger partial charge < -0.3 is 84.4 Å². The van der Waals surface area contributed by atoms with Crippen molar-refractivity contribution < 1.29 is 71.6 Å². The van der Waals surface area contributed by atoms with Gasteiger partial charge >= 0.3 is 0 Å². The lowest BCUT2D eigenvalue weighted by atomic mass is 10.1. The van der Waals surface area contributed by atoms with E-state index in [0.717, 1.165) is 5.56 Å². The first-order valence-corrected chi connectivity index (χ1v) is 33.3. The molecule has 0 aromatic heterocycles. The number of fused-ring (bicyclic) bond motifs is 1. The third kappa shape index (κ3) is 24.6. The Morgan fingerprint density at radius 3 is 1.46 bits per heavy atom. The number of Topliss-reactive ketones (excluding diaryl/α,β-unsaturated/α-hetero) is 1. The zero-order valence-electron chi connectivity index (χ0n) is 58.7. The van der Waals surface area contributed by atoms with Gasteiger partial charge in [-0.3, -0.25) is 43.2 Å². The number of carbonyl (C=O) groups excluding carboxylic acids is 9. The summed E-state index contributed by atoms with van der Waals surface area (Å²) in [6.07, 6.45) is 1.83. The number of ketones is 1. The van der Waals surface area contributed by atoms with Gasteiger partial charge in [0.2, 0.25) is 54.1 Å². The molecular formula is C73H99N11O15. The van der Waals surface area contributed by atoms with Crippen molar-refractivity contribution in [1.29, 1.82) is 0 Å². The molecule has 0 spiro atoms. The summed E-state index contributed by atoms with van der Waals surface area (Å²) in [6.45, 7) is 4.39. The number of benzene rings is 5. The van der Waals surface area contributed by atoms with Crippen LogP contribution in [0.2, 0.25) is 0 Å². The molecule has 1 atom stereocenters. The molecule has 0 unspecified atom stereocenters. The minimum absolute atomic E-state index is 0.00275. The molecule has 26 nitrogen and oxygen atoms in total. The first kappa shape index (κ1) is 78.2. The minimum Gasteiger partial charge on any atom is -0.493 e. The van der Waals surface area contributed by atoms with E-state index >= 15 is 4.79 Å². The highest BCUT2D eigenvalue weighted by Gasteiger charge is 2.33. The number of rotatable bonds is 42. The molecule has 99 heavy (non-hydrogen) atoms. The number of nitrogens with zero attached hydrogens (tertiary/aromatic N) is 8. The van der Waals surface area contributed by atoms with E-state index in [-0.39, 0.29) is 77.4 Å². The van der Waals surface area contributed by atoms with Crippen LogP contribution in [-0.2, 0) is 69.3 Å². The smallest absolute Gasteiger partial charge is 0.243 e. The van der Waals surface area contributed by atoms with E-state index in [0.29, 0.717) is 95.5 Å². The van der Waals surface area contributed by atoms with Crippen molar-refractivity contribution in [2.24, 2.45) is 17.4 Å². The molecule has 0 saturated heterocycles. The maximum absolute atomic E-state index is 15.1. The number of nitrogens with one attached hydrogen (secondary N) is 1. The van der Waals surface area contributed by atoms with E-state index in [1.54, 1.807) is 91.9 Å². The molecule has 6 rings (SSSR count). The van der Waals surface area contributed by atoms with E-state index in [1.807, 2.05) is 44.2 Å². The molecule has 5 N–H and O–H groups in total. The molecule has 0 saturated carbocycles. The summed E-state index contributed by atoms with van der Waals surface area (Å²) < 4.78 is 32.9. The van der Waals surface area contributed by atoms with Gasteiger partial charge in [-0.2, -0.15) is 0 Å². The summed E-state index contributed by atoms with van der Waals surface area (Å²) in [7, 11) is 7.49. The summed E-state index contributed by atoms with van der Waals surface area (Å²) in [6, 6.07) is 33.1. The molecule has 5 aromatic rings. The van der Waals surface area contributed by atoms with Gasteiger partial charge in [0.1, 0.15) is 25.4 Å². The quantitative estimate of drug-likeness (QED) is 0.0439. The van der Waals surface area contributed by atoms with E-state index in [9.17, 15) is 38.4 Å². The molecule has 0 bridgehead atoms. The van der Waals surface area contributed by atoms with Crippen LogP contribution in [0.25, 0.3) is 0 Å². The van der Waals surface area contributed by atoms with Crippen LogP contribution in [-0.4, -0.2) is 226 Å². The monoisotopic (exact) mass is 1370 g/mol. The molecule has 5 aromatic carbocycles. The van der Waals surface area contributed by atoms with Crippen LogP contribution in [0.15, 0.2) is 115 Å². The van der Waals surface area contributed by atoms with Crippen molar-refractivity contribution in [3.63, 3.8) is 0 Å². The lowest BCUT2D eigenvalue weighted by Gasteiger charge is -2.34. The van der Waals surface area contributed by atoms with Crippen molar-refractivity contribution in [2.45, 2.75) is 85.6 Å². The topological polar surface area (TPSA) is 299 Å². The Morgan fingerprint density at radius 1 is 0.455 bits per heavy atom. The normalized spacial score (nSPS) is 11.6. The second-order valence-corrected chi connectivity index (χ2v) is 24.8. The molecule has 1 heterocycles. The third-order valence-electron chi connectivity index (χ3n) is 16.6. The van der Waals surface area contributed by atoms with Crippen molar-refractivity contribution in [2.75, 3.05) is 134 Å². The maximum atomic E-state index is 15.1. The van der Waals surface area contributed by atoms with Gasteiger partial charge in [-0.05, 0) is 123 Å².